The Balaban J connectivity index is 2.14. The lowest BCUT2D eigenvalue weighted by Crippen LogP contribution is -2.27. The molecule has 1 aromatic heterocycles. The minimum atomic E-state index is -4.41. The average molecular weight is 295 g/mol. The normalized spacial score (nSPS) is 12.8. The van der Waals surface area contributed by atoms with E-state index in [4.69, 9.17) is 0 Å². The third kappa shape index (κ3) is 3.77. The number of rotatable bonds is 3. The summed E-state index contributed by atoms with van der Waals surface area (Å²) in [7, 11) is 0. The fourth-order valence-corrected chi connectivity index (χ4v) is 1.75. The molecule has 1 heterocycles. The summed E-state index contributed by atoms with van der Waals surface area (Å²) < 4.78 is 38.0. The highest BCUT2D eigenvalue weighted by molar-refractivity contribution is 5.92. The third-order valence-electron chi connectivity index (χ3n) is 2.86. The van der Waals surface area contributed by atoms with Crippen molar-refractivity contribution in [3.63, 3.8) is 0 Å². The zero-order valence-corrected chi connectivity index (χ0v) is 11.1. The Bertz CT molecular complexity index is 629. The summed E-state index contributed by atoms with van der Waals surface area (Å²) in [5.74, 6) is -0.493. The van der Waals surface area contributed by atoms with E-state index in [1.165, 1.54) is 30.7 Å². The monoisotopic (exact) mass is 295 g/mol. The standard InChI is InChI=1S/C14H12F3N3O/c1-9(20-13(21)12-8-18-5-6-19-12)10-3-2-4-11(7-10)14(15,16)17/h2-9H,1H3,(H,20,21). The summed E-state index contributed by atoms with van der Waals surface area (Å²) in [6.45, 7) is 1.60. The van der Waals surface area contributed by atoms with Gasteiger partial charge in [-0.3, -0.25) is 9.78 Å². The summed E-state index contributed by atoms with van der Waals surface area (Å²) in [6.07, 6.45) is -0.338. The molecule has 0 aliphatic carbocycles. The first-order chi connectivity index (χ1) is 9.88. The van der Waals surface area contributed by atoms with Gasteiger partial charge >= 0.3 is 6.18 Å². The molecule has 0 aliphatic rings. The van der Waals surface area contributed by atoms with Gasteiger partial charge in [0.2, 0.25) is 0 Å². The molecule has 1 amide bonds. The van der Waals surface area contributed by atoms with Crippen molar-refractivity contribution in [3.8, 4) is 0 Å². The number of halogens is 3. The van der Waals surface area contributed by atoms with Crippen molar-refractivity contribution in [2.45, 2.75) is 19.1 Å². The van der Waals surface area contributed by atoms with E-state index >= 15 is 0 Å². The molecule has 0 bridgehead atoms. The van der Waals surface area contributed by atoms with Gasteiger partial charge in [0, 0.05) is 12.4 Å². The Morgan fingerprint density at radius 1 is 1.29 bits per heavy atom. The number of alkyl halides is 3. The van der Waals surface area contributed by atoms with Gasteiger partial charge in [-0.1, -0.05) is 12.1 Å². The van der Waals surface area contributed by atoms with Crippen LogP contribution < -0.4 is 5.32 Å². The van der Waals surface area contributed by atoms with E-state index in [1.807, 2.05) is 0 Å². The highest BCUT2D eigenvalue weighted by atomic mass is 19.4. The number of nitrogens with zero attached hydrogens (tertiary/aromatic N) is 2. The lowest BCUT2D eigenvalue weighted by atomic mass is 10.0. The topological polar surface area (TPSA) is 54.9 Å². The predicted octanol–water partition coefficient (Wildman–Crippen LogP) is 2.99. The highest BCUT2D eigenvalue weighted by Gasteiger charge is 2.30. The maximum atomic E-state index is 12.7. The van der Waals surface area contributed by atoms with Crippen LogP contribution in [0.3, 0.4) is 0 Å². The minimum Gasteiger partial charge on any atom is -0.344 e. The van der Waals surface area contributed by atoms with Crippen LogP contribution >= 0.6 is 0 Å². The minimum absolute atomic E-state index is 0.108. The number of aromatic nitrogens is 2. The second kappa shape index (κ2) is 5.90. The molecule has 1 aromatic carbocycles. The summed E-state index contributed by atoms with van der Waals surface area (Å²) in [5, 5.41) is 2.58. The number of hydrogen-bond donors (Lipinski definition) is 1. The number of benzene rings is 1. The first kappa shape index (κ1) is 15.0. The van der Waals surface area contributed by atoms with Gasteiger partial charge in [-0.25, -0.2) is 4.98 Å². The van der Waals surface area contributed by atoms with E-state index in [9.17, 15) is 18.0 Å². The summed E-state index contributed by atoms with van der Waals surface area (Å²) >= 11 is 0. The molecule has 0 saturated carbocycles. The van der Waals surface area contributed by atoms with Gasteiger partial charge in [0.05, 0.1) is 17.8 Å². The Hall–Kier alpha value is -2.44. The van der Waals surface area contributed by atoms with Crippen LogP contribution in [-0.2, 0) is 6.18 Å². The lowest BCUT2D eigenvalue weighted by Gasteiger charge is -2.15. The zero-order valence-electron chi connectivity index (χ0n) is 11.1. The van der Waals surface area contributed by atoms with E-state index < -0.39 is 23.7 Å². The maximum Gasteiger partial charge on any atom is 0.416 e. The Morgan fingerprint density at radius 3 is 2.67 bits per heavy atom. The van der Waals surface area contributed by atoms with Crippen LogP contribution in [0.5, 0.6) is 0 Å². The van der Waals surface area contributed by atoms with Gasteiger partial charge in [-0.2, -0.15) is 13.2 Å². The van der Waals surface area contributed by atoms with Gasteiger partial charge in [0.15, 0.2) is 0 Å². The number of amides is 1. The highest BCUT2D eigenvalue weighted by Crippen LogP contribution is 2.30. The molecule has 1 N–H and O–H groups in total. The van der Waals surface area contributed by atoms with E-state index in [0.29, 0.717) is 5.56 Å². The van der Waals surface area contributed by atoms with E-state index in [1.54, 1.807) is 6.92 Å². The summed E-state index contributed by atoms with van der Waals surface area (Å²) in [6, 6.07) is 4.25. The quantitative estimate of drug-likeness (QED) is 0.947. The predicted molar refractivity (Wildman–Crippen MR) is 69.4 cm³/mol. The maximum absolute atomic E-state index is 12.7. The Labute approximate surface area is 119 Å². The smallest absolute Gasteiger partial charge is 0.344 e. The van der Waals surface area contributed by atoms with Gasteiger partial charge < -0.3 is 5.32 Å². The molecular formula is C14H12F3N3O. The van der Waals surface area contributed by atoms with Crippen molar-refractivity contribution in [1.29, 1.82) is 0 Å². The van der Waals surface area contributed by atoms with Crippen molar-refractivity contribution in [2.75, 3.05) is 0 Å². The van der Waals surface area contributed by atoms with Crippen LogP contribution in [0.15, 0.2) is 42.9 Å². The molecule has 0 aliphatic heterocycles. The van der Waals surface area contributed by atoms with Gasteiger partial charge in [0.25, 0.3) is 5.91 Å². The molecule has 2 aromatic rings. The van der Waals surface area contributed by atoms with Crippen LogP contribution in [0, 0.1) is 0 Å². The van der Waals surface area contributed by atoms with Crippen molar-refractivity contribution in [2.24, 2.45) is 0 Å². The van der Waals surface area contributed by atoms with Gasteiger partial charge in [-0.15, -0.1) is 0 Å². The number of carbonyl (C=O) groups excluding carboxylic acids is 1. The van der Waals surface area contributed by atoms with Crippen molar-refractivity contribution < 1.29 is 18.0 Å². The number of hydrogen-bond acceptors (Lipinski definition) is 3. The van der Waals surface area contributed by atoms with Crippen molar-refractivity contribution in [1.82, 2.24) is 15.3 Å². The molecule has 4 nitrogen and oxygen atoms in total. The Kier molecular flexibility index (Phi) is 4.21. The Morgan fingerprint density at radius 2 is 2.05 bits per heavy atom. The molecule has 7 heteroatoms. The van der Waals surface area contributed by atoms with Crippen LogP contribution in [-0.4, -0.2) is 15.9 Å². The van der Waals surface area contributed by atoms with Crippen LogP contribution in [0.1, 0.15) is 34.6 Å². The van der Waals surface area contributed by atoms with E-state index in [0.717, 1.165) is 12.1 Å². The molecule has 2 rings (SSSR count). The molecule has 1 atom stereocenters. The third-order valence-corrected chi connectivity index (χ3v) is 2.86. The molecule has 21 heavy (non-hydrogen) atoms. The van der Waals surface area contributed by atoms with E-state index in [2.05, 4.69) is 15.3 Å². The molecule has 110 valence electrons. The molecule has 0 fully saturated rings. The molecule has 0 spiro atoms. The first-order valence-corrected chi connectivity index (χ1v) is 6.12. The van der Waals surface area contributed by atoms with E-state index in [-0.39, 0.29) is 5.69 Å². The average Bonchev–Trinajstić information content (AvgIpc) is 2.47. The number of nitrogens with one attached hydrogen (secondary N) is 1. The van der Waals surface area contributed by atoms with Crippen molar-refractivity contribution in [3.05, 3.63) is 59.7 Å². The second-order valence-corrected chi connectivity index (χ2v) is 4.41. The van der Waals surface area contributed by atoms with Crippen LogP contribution in [0.4, 0.5) is 13.2 Å². The zero-order chi connectivity index (χ0) is 15.5. The van der Waals surface area contributed by atoms with Gasteiger partial charge in [-0.05, 0) is 24.6 Å². The first-order valence-electron chi connectivity index (χ1n) is 6.12. The SMILES string of the molecule is CC(NC(=O)c1cnccn1)c1cccc(C(F)(F)F)c1. The summed E-state index contributed by atoms with van der Waals surface area (Å²) in [4.78, 5) is 19.5. The molecular weight excluding hydrogens is 283 g/mol. The fourth-order valence-electron chi connectivity index (χ4n) is 1.75. The molecule has 0 radical (unpaired) electrons. The summed E-state index contributed by atoms with van der Waals surface area (Å²) in [5.41, 5.74) is -0.279. The molecule has 0 saturated heterocycles. The fraction of sp³-hybridized carbons (Fsp3) is 0.214. The van der Waals surface area contributed by atoms with Crippen molar-refractivity contribution >= 4 is 5.91 Å². The number of carbonyl (C=O) groups is 1. The lowest BCUT2D eigenvalue weighted by molar-refractivity contribution is -0.137. The van der Waals surface area contributed by atoms with Crippen LogP contribution in [0.25, 0.3) is 0 Å². The second-order valence-electron chi connectivity index (χ2n) is 4.41. The molecule has 1 unspecified atom stereocenters. The largest absolute Gasteiger partial charge is 0.416 e. The van der Waals surface area contributed by atoms with Gasteiger partial charge in [0.1, 0.15) is 5.69 Å². The van der Waals surface area contributed by atoms with Crippen LogP contribution in [0.2, 0.25) is 0 Å².